The smallest absolute Gasteiger partial charge is 0.255 e. The highest BCUT2D eigenvalue weighted by Crippen LogP contribution is 2.24. The van der Waals surface area contributed by atoms with E-state index in [1.807, 2.05) is 30.3 Å². The number of halogens is 2. The van der Waals surface area contributed by atoms with Crippen LogP contribution < -0.4 is 10.5 Å². The summed E-state index contributed by atoms with van der Waals surface area (Å²) in [5.41, 5.74) is 2.30. The molecule has 1 unspecified atom stereocenters. The van der Waals surface area contributed by atoms with Crippen molar-refractivity contribution in [2.24, 2.45) is 7.05 Å². The minimum absolute atomic E-state index is 0. The Balaban J connectivity index is 0.00000140. The number of rotatable bonds is 3. The van der Waals surface area contributed by atoms with E-state index in [-0.39, 0.29) is 36.5 Å². The summed E-state index contributed by atoms with van der Waals surface area (Å²) in [5.74, 6) is 0.633. The highest BCUT2D eigenvalue weighted by Gasteiger charge is 2.25. The van der Waals surface area contributed by atoms with Crippen molar-refractivity contribution in [3.8, 4) is 11.3 Å². The number of aromatic nitrogens is 4. The summed E-state index contributed by atoms with van der Waals surface area (Å²) in [6.07, 6.45) is 5.00. The Hall–Kier alpha value is -2.48. The lowest BCUT2D eigenvalue weighted by atomic mass is 10.2. The molecular formula is C19H21Cl2N5O2. The van der Waals surface area contributed by atoms with Crippen LogP contribution in [0.5, 0.6) is 0 Å². The summed E-state index contributed by atoms with van der Waals surface area (Å²) >= 11 is 0. The average molecular weight is 422 g/mol. The Morgan fingerprint density at radius 1 is 1.11 bits per heavy atom. The van der Waals surface area contributed by atoms with E-state index in [0.29, 0.717) is 31.3 Å². The maximum atomic E-state index is 12.5. The second-order valence-corrected chi connectivity index (χ2v) is 6.13. The second-order valence-electron chi connectivity index (χ2n) is 6.13. The van der Waals surface area contributed by atoms with Crippen LogP contribution in [0.25, 0.3) is 11.3 Å². The van der Waals surface area contributed by atoms with E-state index in [1.54, 1.807) is 36.3 Å². The molecule has 0 bridgehead atoms. The van der Waals surface area contributed by atoms with E-state index in [0.717, 1.165) is 11.3 Å². The molecule has 1 saturated heterocycles. The SMILES string of the molecule is Cl.Cl.Cn1c(N2CCOC(c3ccccn3)C2)nc(-c2ccncc2)cc1=O. The van der Waals surface area contributed by atoms with Gasteiger partial charge in [0.15, 0.2) is 0 Å². The van der Waals surface area contributed by atoms with Gasteiger partial charge in [0.1, 0.15) is 6.10 Å². The first-order chi connectivity index (χ1) is 12.7. The summed E-state index contributed by atoms with van der Waals surface area (Å²) in [6, 6.07) is 11.0. The van der Waals surface area contributed by atoms with Gasteiger partial charge >= 0.3 is 0 Å². The third-order valence-electron chi connectivity index (χ3n) is 4.45. The highest BCUT2D eigenvalue weighted by molar-refractivity contribution is 5.85. The predicted octanol–water partition coefficient (Wildman–Crippen LogP) is 2.66. The molecule has 3 aromatic heterocycles. The Labute approximate surface area is 175 Å². The summed E-state index contributed by atoms with van der Waals surface area (Å²) in [4.78, 5) is 27.7. The first kappa shape index (κ1) is 21.8. The van der Waals surface area contributed by atoms with Crippen LogP contribution in [0.3, 0.4) is 0 Å². The van der Waals surface area contributed by atoms with Gasteiger partial charge in [0.25, 0.3) is 5.56 Å². The lowest BCUT2D eigenvalue weighted by molar-refractivity contribution is 0.0362. The van der Waals surface area contributed by atoms with Crippen LogP contribution in [-0.2, 0) is 11.8 Å². The van der Waals surface area contributed by atoms with E-state index < -0.39 is 0 Å². The van der Waals surface area contributed by atoms with Gasteiger partial charge in [-0.3, -0.25) is 19.3 Å². The molecule has 1 atom stereocenters. The van der Waals surface area contributed by atoms with Gasteiger partial charge in [-0.25, -0.2) is 4.98 Å². The first-order valence-electron chi connectivity index (χ1n) is 8.48. The molecule has 9 heteroatoms. The largest absolute Gasteiger partial charge is 0.368 e. The van der Waals surface area contributed by atoms with E-state index in [4.69, 9.17) is 9.72 Å². The van der Waals surface area contributed by atoms with Gasteiger partial charge in [-0.1, -0.05) is 6.07 Å². The fourth-order valence-electron chi connectivity index (χ4n) is 3.06. The molecule has 4 rings (SSSR count). The summed E-state index contributed by atoms with van der Waals surface area (Å²) < 4.78 is 7.45. The molecule has 148 valence electrons. The molecule has 0 aliphatic carbocycles. The number of anilines is 1. The number of pyridine rings is 2. The van der Waals surface area contributed by atoms with Crippen LogP contribution in [0.4, 0.5) is 5.95 Å². The number of morpholine rings is 1. The molecule has 28 heavy (non-hydrogen) atoms. The minimum atomic E-state index is -0.147. The van der Waals surface area contributed by atoms with Crippen molar-refractivity contribution < 1.29 is 4.74 Å². The van der Waals surface area contributed by atoms with Crippen LogP contribution in [-0.4, -0.2) is 39.2 Å². The topological polar surface area (TPSA) is 73.1 Å². The van der Waals surface area contributed by atoms with Crippen molar-refractivity contribution in [3.63, 3.8) is 0 Å². The van der Waals surface area contributed by atoms with Crippen molar-refractivity contribution in [2.45, 2.75) is 6.10 Å². The zero-order valence-electron chi connectivity index (χ0n) is 15.3. The number of ether oxygens (including phenoxy) is 1. The molecule has 0 aromatic carbocycles. The van der Waals surface area contributed by atoms with Crippen LogP contribution in [0, 0.1) is 0 Å². The molecule has 7 nitrogen and oxygen atoms in total. The maximum Gasteiger partial charge on any atom is 0.255 e. The third kappa shape index (κ3) is 4.49. The molecule has 1 aliphatic rings. The van der Waals surface area contributed by atoms with Crippen LogP contribution >= 0.6 is 24.8 Å². The monoisotopic (exact) mass is 421 g/mol. The predicted molar refractivity (Wildman–Crippen MR) is 112 cm³/mol. The Bertz CT molecular complexity index is 954. The number of hydrogen-bond acceptors (Lipinski definition) is 6. The molecule has 0 spiro atoms. The highest BCUT2D eigenvalue weighted by atomic mass is 35.5. The van der Waals surface area contributed by atoms with Gasteiger partial charge in [-0.15, -0.1) is 24.8 Å². The molecule has 0 N–H and O–H groups in total. The van der Waals surface area contributed by atoms with Crippen LogP contribution in [0.15, 0.2) is 59.8 Å². The molecule has 4 heterocycles. The van der Waals surface area contributed by atoms with E-state index in [2.05, 4.69) is 14.9 Å². The molecule has 0 radical (unpaired) electrons. The van der Waals surface area contributed by atoms with E-state index in [1.165, 1.54) is 0 Å². The van der Waals surface area contributed by atoms with Crippen molar-refractivity contribution in [1.29, 1.82) is 0 Å². The van der Waals surface area contributed by atoms with Gasteiger partial charge in [0.05, 0.1) is 24.5 Å². The molecule has 0 saturated carbocycles. The Morgan fingerprint density at radius 2 is 1.89 bits per heavy atom. The lowest BCUT2D eigenvalue weighted by Gasteiger charge is -2.34. The summed E-state index contributed by atoms with van der Waals surface area (Å²) in [6.45, 7) is 1.82. The molecule has 0 amide bonds. The minimum Gasteiger partial charge on any atom is -0.368 e. The van der Waals surface area contributed by atoms with Gasteiger partial charge in [0, 0.05) is 43.8 Å². The van der Waals surface area contributed by atoms with Gasteiger partial charge in [-0.05, 0) is 24.3 Å². The number of hydrogen-bond donors (Lipinski definition) is 0. The standard InChI is InChI=1S/C19H19N5O2.2ClH/c1-23-18(25)12-16(14-5-8-20-9-6-14)22-19(23)24-10-11-26-17(13-24)15-4-2-3-7-21-15;;/h2-9,12,17H,10-11,13H2,1H3;2*1H. The van der Waals surface area contributed by atoms with E-state index >= 15 is 0 Å². The quantitative estimate of drug-likeness (QED) is 0.646. The first-order valence-corrected chi connectivity index (χ1v) is 8.48. The average Bonchev–Trinajstić information content (AvgIpc) is 2.71. The zero-order valence-corrected chi connectivity index (χ0v) is 16.9. The van der Waals surface area contributed by atoms with Crippen LogP contribution in [0.1, 0.15) is 11.8 Å². The molecule has 1 aliphatic heterocycles. The zero-order chi connectivity index (χ0) is 17.9. The molecule has 1 fully saturated rings. The second kappa shape index (κ2) is 9.64. The number of nitrogens with zero attached hydrogens (tertiary/aromatic N) is 5. The van der Waals surface area contributed by atoms with Crippen molar-refractivity contribution in [2.75, 3.05) is 24.6 Å². The molecule has 3 aromatic rings. The van der Waals surface area contributed by atoms with Crippen molar-refractivity contribution in [3.05, 3.63) is 71.0 Å². The van der Waals surface area contributed by atoms with Crippen LogP contribution in [0.2, 0.25) is 0 Å². The van der Waals surface area contributed by atoms with Crippen molar-refractivity contribution >= 4 is 30.8 Å². The fraction of sp³-hybridized carbons (Fsp3) is 0.263. The Morgan fingerprint density at radius 3 is 2.61 bits per heavy atom. The van der Waals surface area contributed by atoms with Crippen molar-refractivity contribution in [1.82, 2.24) is 19.5 Å². The normalized spacial score (nSPS) is 16.0. The van der Waals surface area contributed by atoms with Gasteiger partial charge in [-0.2, -0.15) is 0 Å². The summed E-state index contributed by atoms with van der Waals surface area (Å²) in [5, 5.41) is 0. The lowest BCUT2D eigenvalue weighted by Crippen LogP contribution is -2.42. The Kier molecular flexibility index (Phi) is 7.51. The van der Waals surface area contributed by atoms with Gasteiger partial charge < -0.3 is 9.64 Å². The fourth-order valence-corrected chi connectivity index (χ4v) is 3.06. The molecular weight excluding hydrogens is 401 g/mol. The summed E-state index contributed by atoms with van der Waals surface area (Å²) in [7, 11) is 1.74. The van der Waals surface area contributed by atoms with E-state index in [9.17, 15) is 4.79 Å². The van der Waals surface area contributed by atoms with Gasteiger partial charge in [0.2, 0.25) is 5.95 Å². The third-order valence-corrected chi connectivity index (χ3v) is 4.45. The maximum absolute atomic E-state index is 12.5.